The van der Waals surface area contributed by atoms with Gasteiger partial charge in [-0.15, -0.1) is 11.8 Å². The number of fused-ring (bicyclic) bond motifs is 1. The van der Waals surface area contributed by atoms with Crippen molar-refractivity contribution < 1.29 is 9.18 Å². The zero-order valence-corrected chi connectivity index (χ0v) is 21.8. The number of H-pyrrole nitrogens is 1. The van der Waals surface area contributed by atoms with E-state index in [-0.39, 0.29) is 17.3 Å². The van der Waals surface area contributed by atoms with Crippen LogP contribution in [0.25, 0.3) is 22.3 Å². The Kier molecular flexibility index (Phi) is 6.37. The lowest BCUT2D eigenvalue weighted by molar-refractivity contribution is -0.0412. The molecule has 4 aromatic rings. The molecule has 1 amide bonds. The number of carbonyl (C=O) groups excluding carboxylic acids is 1. The lowest BCUT2D eigenvalue weighted by Gasteiger charge is -2.53. The molecular weight excluding hydrogens is 503 g/mol. The molecular formula is C27H27FN8OS. The van der Waals surface area contributed by atoms with E-state index in [2.05, 4.69) is 31.0 Å². The molecule has 38 heavy (non-hydrogen) atoms. The minimum atomic E-state index is -0.388. The van der Waals surface area contributed by atoms with Crippen molar-refractivity contribution in [1.82, 2.24) is 34.5 Å². The molecule has 2 fully saturated rings. The standard InChI is InChI=1S/C27H27FN8OS/c1-38-23-3-2-18(12-22(23)28)26(37)34-10-5-20(6-11-34)35-15-27(16-35,7-8-29)36-14-19(13-33-36)24-21-4-9-30-25(21)32-17-31-24/h2-4,9,12-14,17,20H,5-7,10-11,15-16H2,1H3,(H,30,31,32). The molecule has 0 atom stereocenters. The van der Waals surface area contributed by atoms with Gasteiger partial charge in [0.15, 0.2) is 0 Å². The Morgan fingerprint density at radius 1 is 1.26 bits per heavy atom. The monoisotopic (exact) mass is 530 g/mol. The highest BCUT2D eigenvalue weighted by Gasteiger charge is 2.48. The summed E-state index contributed by atoms with van der Waals surface area (Å²) in [5.74, 6) is -0.477. The number of likely N-dealkylation sites (tertiary alicyclic amines) is 2. The molecule has 2 aliphatic heterocycles. The van der Waals surface area contributed by atoms with E-state index in [4.69, 9.17) is 0 Å². The number of thioether (sulfide) groups is 1. The van der Waals surface area contributed by atoms with Gasteiger partial charge in [0.2, 0.25) is 0 Å². The van der Waals surface area contributed by atoms with Crippen molar-refractivity contribution in [3.8, 4) is 17.3 Å². The Morgan fingerprint density at radius 2 is 2.08 bits per heavy atom. The molecule has 2 saturated heterocycles. The Hall–Kier alpha value is -3.75. The molecule has 0 saturated carbocycles. The van der Waals surface area contributed by atoms with Crippen LogP contribution in [0.3, 0.4) is 0 Å². The largest absolute Gasteiger partial charge is 0.346 e. The van der Waals surface area contributed by atoms with Crippen molar-refractivity contribution >= 4 is 28.7 Å². The number of aromatic nitrogens is 5. The first-order valence-corrected chi connectivity index (χ1v) is 13.8. The van der Waals surface area contributed by atoms with Crippen LogP contribution in [-0.2, 0) is 5.54 Å². The predicted molar refractivity (Wildman–Crippen MR) is 142 cm³/mol. The lowest BCUT2D eigenvalue weighted by Crippen LogP contribution is -2.66. The number of aromatic amines is 1. The maximum Gasteiger partial charge on any atom is 0.253 e. The molecule has 11 heteroatoms. The molecule has 3 aromatic heterocycles. The number of benzene rings is 1. The number of nitriles is 1. The fourth-order valence-electron chi connectivity index (χ4n) is 5.68. The van der Waals surface area contributed by atoms with Crippen LogP contribution in [-0.4, -0.2) is 78.9 Å². The van der Waals surface area contributed by atoms with Crippen LogP contribution in [0.15, 0.2) is 54.1 Å². The molecule has 0 radical (unpaired) electrons. The van der Waals surface area contributed by atoms with Crippen LogP contribution in [0.5, 0.6) is 0 Å². The number of nitrogens with one attached hydrogen (secondary N) is 1. The first-order chi connectivity index (χ1) is 18.5. The molecule has 0 bridgehead atoms. The molecule has 1 aromatic carbocycles. The molecule has 9 nitrogen and oxygen atoms in total. The molecule has 0 spiro atoms. The number of rotatable bonds is 6. The fraction of sp³-hybridized carbons (Fsp3) is 0.370. The second kappa shape index (κ2) is 9.85. The zero-order chi connectivity index (χ0) is 26.3. The van der Waals surface area contributed by atoms with Crippen molar-refractivity contribution in [3.63, 3.8) is 0 Å². The number of piperidine rings is 1. The smallest absolute Gasteiger partial charge is 0.253 e. The SMILES string of the molecule is CSc1ccc(C(=O)N2CCC(N3CC(CC#N)(n4cc(-c5ncnc6[nH]ccc56)cn4)C3)CC2)cc1F. The molecule has 0 aliphatic carbocycles. The summed E-state index contributed by atoms with van der Waals surface area (Å²) in [5, 5.41) is 15.2. The van der Waals surface area contributed by atoms with Crippen molar-refractivity contribution in [2.75, 3.05) is 32.4 Å². The Bertz CT molecular complexity index is 1530. The van der Waals surface area contributed by atoms with E-state index in [0.29, 0.717) is 36.0 Å². The van der Waals surface area contributed by atoms with Crippen molar-refractivity contribution in [1.29, 1.82) is 5.26 Å². The van der Waals surface area contributed by atoms with Crippen LogP contribution >= 0.6 is 11.8 Å². The summed E-state index contributed by atoms with van der Waals surface area (Å²) in [5.41, 5.74) is 2.48. The number of halogens is 1. The summed E-state index contributed by atoms with van der Waals surface area (Å²) >= 11 is 1.33. The van der Waals surface area contributed by atoms with E-state index in [1.807, 2.05) is 34.3 Å². The van der Waals surface area contributed by atoms with Crippen molar-refractivity contribution in [3.05, 3.63) is 60.6 Å². The maximum absolute atomic E-state index is 14.2. The van der Waals surface area contributed by atoms with Gasteiger partial charge in [-0.25, -0.2) is 14.4 Å². The third-order valence-electron chi connectivity index (χ3n) is 7.77. The van der Waals surface area contributed by atoms with Crippen LogP contribution in [0.4, 0.5) is 4.39 Å². The summed E-state index contributed by atoms with van der Waals surface area (Å²) in [4.78, 5) is 29.5. The first-order valence-electron chi connectivity index (χ1n) is 12.6. The van der Waals surface area contributed by atoms with E-state index in [9.17, 15) is 14.4 Å². The number of amides is 1. The highest BCUT2D eigenvalue weighted by Crippen LogP contribution is 2.37. The van der Waals surface area contributed by atoms with Gasteiger partial charge in [-0.2, -0.15) is 10.4 Å². The first kappa shape index (κ1) is 24.6. The summed E-state index contributed by atoms with van der Waals surface area (Å²) in [7, 11) is 0. The number of hydrogen-bond donors (Lipinski definition) is 1. The highest BCUT2D eigenvalue weighted by molar-refractivity contribution is 7.98. The minimum Gasteiger partial charge on any atom is -0.346 e. The van der Waals surface area contributed by atoms with Crippen LogP contribution < -0.4 is 0 Å². The highest BCUT2D eigenvalue weighted by atomic mass is 32.2. The second-order valence-electron chi connectivity index (χ2n) is 9.97. The average molecular weight is 531 g/mol. The third kappa shape index (κ3) is 4.23. The fourth-order valence-corrected chi connectivity index (χ4v) is 6.13. The summed E-state index contributed by atoms with van der Waals surface area (Å²) in [6.07, 6.45) is 11.0. The normalized spacial score (nSPS) is 17.9. The number of carbonyl (C=O) groups is 1. The van der Waals surface area contributed by atoms with Gasteiger partial charge in [-0.3, -0.25) is 14.4 Å². The van der Waals surface area contributed by atoms with Crippen molar-refractivity contribution in [2.24, 2.45) is 0 Å². The zero-order valence-electron chi connectivity index (χ0n) is 21.0. The molecule has 2 aliphatic rings. The summed E-state index contributed by atoms with van der Waals surface area (Å²) < 4.78 is 16.1. The van der Waals surface area contributed by atoms with Gasteiger partial charge in [-0.05, 0) is 43.4 Å². The minimum absolute atomic E-state index is 0.122. The maximum atomic E-state index is 14.2. The van der Waals surface area contributed by atoms with Gasteiger partial charge in [0.05, 0.1) is 24.4 Å². The quantitative estimate of drug-likeness (QED) is 0.377. The molecule has 0 unspecified atom stereocenters. The molecule has 1 N–H and O–H groups in total. The van der Waals surface area contributed by atoms with Gasteiger partial charge in [0.1, 0.15) is 23.3 Å². The van der Waals surface area contributed by atoms with Crippen LogP contribution in [0.2, 0.25) is 0 Å². The van der Waals surface area contributed by atoms with Crippen LogP contribution in [0, 0.1) is 17.1 Å². The summed E-state index contributed by atoms with van der Waals surface area (Å²) in [6, 6.07) is 9.35. The van der Waals surface area contributed by atoms with E-state index in [1.165, 1.54) is 24.2 Å². The Labute approximate surface area is 223 Å². The van der Waals surface area contributed by atoms with Gasteiger partial charge < -0.3 is 9.88 Å². The van der Waals surface area contributed by atoms with Gasteiger partial charge in [-0.1, -0.05) is 0 Å². The number of hydrogen-bond acceptors (Lipinski definition) is 7. The predicted octanol–water partition coefficient (Wildman–Crippen LogP) is 3.91. The van der Waals surface area contributed by atoms with Gasteiger partial charge in [0, 0.05) is 66.0 Å². The average Bonchev–Trinajstić information content (AvgIpc) is 3.60. The van der Waals surface area contributed by atoms with E-state index in [0.717, 1.165) is 48.2 Å². The Balaban J connectivity index is 1.11. The topological polar surface area (TPSA) is 107 Å². The third-order valence-corrected chi connectivity index (χ3v) is 8.54. The van der Waals surface area contributed by atoms with Crippen LogP contribution in [0.1, 0.15) is 29.6 Å². The van der Waals surface area contributed by atoms with E-state index >= 15 is 0 Å². The van der Waals surface area contributed by atoms with E-state index < -0.39 is 0 Å². The number of nitrogens with zero attached hydrogens (tertiary/aromatic N) is 7. The van der Waals surface area contributed by atoms with Gasteiger partial charge in [0.25, 0.3) is 5.91 Å². The molecule has 5 heterocycles. The second-order valence-corrected chi connectivity index (χ2v) is 10.8. The molecule has 194 valence electrons. The molecule has 6 rings (SSSR count). The van der Waals surface area contributed by atoms with Gasteiger partial charge >= 0.3 is 0 Å². The summed E-state index contributed by atoms with van der Waals surface area (Å²) in [6.45, 7) is 2.71. The lowest BCUT2D eigenvalue weighted by atomic mass is 9.83. The van der Waals surface area contributed by atoms with E-state index in [1.54, 1.807) is 18.3 Å². The van der Waals surface area contributed by atoms with Crippen molar-refractivity contribution in [2.45, 2.75) is 35.7 Å². The Morgan fingerprint density at radius 3 is 2.82 bits per heavy atom.